The zero-order chi connectivity index (χ0) is 14.5. The van der Waals surface area contributed by atoms with Gasteiger partial charge in [0.2, 0.25) is 0 Å². The second-order valence-corrected chi connectivity index (χ2v) is 8.15. The molecule has 0 aromatic heterocycles. The molecule has 122 valence electrons. The summed E-state index contributed by atoms with van der Waals surface area (Å²) in [7, 11) is 0. The van der Waals surface area contributed by atoms with Crippen molar-refractivity contribution in [2.24, 2.45) is 17.8 Å². The Hall–Kier alpha value is -0.0800. The third-order valence-electron chi connectivity index (χ3n) is 5.94. The van der Waals surface area contributed by atoms with Crippen LogP contribution in [0.4, 0.5) is 0 Å². The number of nitrogens with zero attached hydrogens (tertiary/aromatic N) is 1. The third kappa shape index (κ3) is 5.25. The summed E-state index contributed by atoms with van der Waals surface area (Å²) < 4.78 is 0. The van der Waals surface area contributed by atoms with E-state index in [2.05, 4.69) is 17.1 Å². The van der Waals surface area contributed by atoms with Gasteiger partial charge in [0, 0.05) is 19.1 Å². The molecule has 3 fully saturated rings. The van der Waals surface area contributed by atoms with Gasteiger partial charge in [-0.1, -0.05) is 39.0 Å². The molecular formula is C19H36N2. The van der Waals surface area contributed by atoms with Crippen LogP contribution in [0, 0.1) is 17.8 Å². The maximum absolute atomic E-state index is 3.96. The Labute approximate surface area is 132 Å². The van der Waals surface area contributed by atoms with E-state index in [0.29, 0.717) is 0 Å². The largest absolute Gasteiger partial charge is 0.312 e. The molecule has 1 N–H and O–H groups in total. The molecule has 2 unspecified atom stereocenters. The molecule has 2 aliphatic carbocycles. The predicted octanol–water partition coefficient (Wildman–Crippen LogP) is 4.06. The summed E-state index contributed by atoms with van der Waals surface area (Å²) in [5.74, 6) is 3.04. The van der Waals surface area contributed by atoms with Crippen molar-refractivity contribution in [2.75, 3.05) is 26.2 Å². The monoisotopic (exact) mass is 292 g/mol. The zero-order valence-electron chi connectivity index (χ0n) is 14.2. The average Bonchev–Trinajstić information content (AvgIpc) is 3.30. The number of hydrogen-bond donors (Lipinski definition) is 1. The highest BCUT2D eigenvalue weighted by Gasteiger charge is 2.32. The summed E-state index contributed by atoms with van der Waals surface area (Å²) in [6.07, 6.45) is 14.7. The van der Waals surface area contributed by atoms with E-state index >= 15 is 0 Å². The summed E-state index contributed by atoms with van der Waals surface area (Å²) in [6, 6.07) is 0.774. The van der Waals surface area contributed by atoms with Gasteiger partial charge in [0.1, 0.15) is 0 Å². The smallest absolute Gasteiger partial charge is 0.0198 e. The lowest BCUT2D eigenvalue weighted by Gasteiger charge is -2.39. The first-order valence-electron chi connectivity index (χ1n) is 9.79. The molecule has 1 heterocycles. The van der Waals surface area contributed by atoms with Gasteiger partial charge < -0.3 is 10.2 Å². The van der Waals surface area contributed by atoms with Crippen molar-refractivity contribution < 1.29 is 0 Å². The molecule has 3 rings (SSSR count). The van der Waals surface area contributed by atoms with Crippen LogP contribution < -0.4 is 5.32 Å². The third-order valence-corrected chi connectivity index (χ3v) is 5.94. The van der Waals surface area contributed by atoms with Crippen LogP contribution in [0.3, 0.4) is 0 Å². The standard InChI is InChI=1S/C19H36N2/c1-2-10-21-14-18(11-16-8-9-16)12-19(15-21)20-13-17-6-4-3-5-7-17/h16-20H,2-15H2,1H3. The minimum Gasteiger partial charge on any atom is -0.312 e. The summed E-state index contributed by atoms with van der Waals surface area (Å²) in [5, 5.41) is 3.96. The number of likely N-dealkylation sites (tertiary alicyclic amines) is 1. The van der Waals surface area contributed by atoms with Gasteiger partial charge >= 0.3 is 0 Å². The Morgan fingerprint density at radius 2 is 1.71 bits per heavy atom. The fraction of sp³-hybridized carbons (Fsp3) is 1.00. The number of piperidine rings is 1. The van der Waals surface area contributed by atoms with Gasteiger partial charge in [-0.3, -0.25) is 0 Å². The fourth-order valence-corrected chi connectivity index (χ4v) is 4.67. The maximum Gasteiger partial charge on any atom is 0.0198 e. The topological polar surface area (TPSA) is 15.3 Å². The Bertz CT molecular complexity index is 294. The molecule has 1 aliphatic heterocycles. The molecule has 0 radical (unpaired) electrons. The Morgan fingerprint density at radius 1 is 0.905 bits per heavy atom. The molecule has 2 nitrogen and oxygen atoms in total. The van der Waals surface area contributed by atoms with Gasteiger partial charge in [0.15, 0.2) is 0 Å². The first kappa shape index (κ1) is 15.8. The highest BCUT2D eigenvalue weighted by Crippen LogP contribution is 2.37. The van der Waals surface area contributed by atoms with Crippen molar-refractivity contribution >= 4 is 0 Å². The van der Waals surface area contributed by atoms with Crippen LogP contribution in [0.5, 0.6) is 0 Å². The van der Waals surface area contributed by atoms with E-state index in [-0.39, 0.29) is 0 Å². The first-order valence-corrected chi connectivity index (χ1v) is 9.79. The van der Waals surface area contributed by atoms with Gasteiger partial charge in [-0.2, -0.15) is 0 Å². The van der Waals surface area contributed by atoms with Crippen LogP contribution in [0.25, 0.3) is 0 Å². The molecule has 0 aromatic carbocycles. The normalized spacial score (nSPS) is 32.4. The highest BCUT2D eigenvalue weighted by molar-refractivity contribution is 4.87. The molecule has 2 atom stereocenters. The molecule has 2 heteroatoms. The van der Waals surface area contributed by atoms with Crippen LogP contribution in [-0.2, 0) is 0 Å². The number of hydrogen-bond acceptors (Lipinski definition) is 2. The van der Waals surface area contributed by atoms with Crippen molar-refractivity contribution in [3.05, 3.63) is 0 Å². The first-order chi connectivity index (χ1) is 10.3. The van der Waals surface area contributed by atoms with E-state index in [1.807, 2.05) is 0 Å². The van der Waals surface area contributed by atoms with Gasteiger partial charge in [-0.15, -0.1) is 0 Å². The van der Waals surface area contributed by atoms with Crippen molar-refractivity contribution in [3.8, 4) is 0 Å². The van der Waals surface area contributed by atoms with Crippen molar-refractivity contribution in [2.45, 2.75) is 77.2 Å². The number of rotatable bonds is 7. The minimum absolute atomic E-state index is 0.774. The lowest BCUT2D eigenvalue weighted by Crippen LogP contribution is -2.50. The fourth-order valence-electron chi connectivity index (χ4n) is 4.67. The molecule has 0 aromatic rings. The van der Waals surface area contributed by atoms with Gasteiger partial charge in [-0.25, -0.2) is 0 Å². The molecule has 0 bridgehead atoms. The zero-order valence-corrected chi connectivity index (χ0v) is 14.2. The molecule has 2 saturated carbocycles. The van der Waals surface area contributed by atoms with Crippen molar-refractivity contribution in [1.29, 1.82) is 0 Å². The van der Waals surface area contributed by atoms with Crippen molar-refractivity contribution in [1.82, 2.24) is 10.2 Å². The van der Waals surface area contributed by atoms with Crippen LogP contribution in [0.2, 0.25) is 0 Å². The van der Waals surface area contributed by atoms with E-state index in [0.717, 1.165) is 23.8 Å². The summed E-state index contributed by atoms with van der Waals surface area (Å²) in [4.78, 5) is 2.75. The maximum atomic E-state index is 3.96. The number of nitrogens with one attached hydrogen (secondary N) is 1. The average molecular weight is 293 g/mol. The van der Waals surface area contributed by atoms with Crippen LogP contribution in [-0.4, -0.2) is 37.1 Å². The molecule has 0 amide bonds. The van der Waals surface area contributed by atoms with Crippen molar-refractivity contribution in [3.63, 3.8) is 0 Å². The summed E-state index contributed by atoms with van der Waals surface area (Å²) in [6.45, 7) is 7.62. The molecule has 1 saturated heterocycles. The second-order valence-electron chi connectivity index (χ2n) is 8.15. The van der Waals surface area contributed by atoms with E-state index in [1.54, 1.807) is 0 Å². The Kier molecular flexibility index (Phi) is 5.99. The Morgan fingerprint density at radius 3 is 2.43 bits per heavy atom. The summed E-state index contributed by atoms with van der Waals surface area (Å²) >= 11 is 0. The minimum atomic E-state index is 0.774. The van der Waals surface area contributed by atoms with Gasteiger partial charge in [0.05, 0.1) is 0 Å². The quantitative estimate of drug-likeness (QED) is 0.761. The summed E-state index contributed by atoms with van der Waals surface area (Å²) in [5.41, 5.74) is 0. The SMILES string of the molecule is CCCN1CC(CC2CC2)CC(NCC2CCCCC2)C1. The van der Waals surface area contributed by atoms with Crippen LogP contribution in [0.1, 0.15) is 71.1 Å². The molecule has 0 spiro atoms. The van der Waals surface area contributed by atoms with E-state index in [9.17, 15) is 0 Å². The van der Waals surface area contributed by atoms with Crippen LogP contribution in [0.15, 0.2) is 0 Å². The van der Waals surface area contributed by atoms with Gasteiger partial charge in [0.25, 0.3) is 0 Å². The van der Waals surface area contributed by atoms with Crippen LogP contribution >= 0.6 is 0 Å². The lowest BCUT2D eigenvalue weighted by atomic mass is 9.87. The second kappa shape index (κ2) is 7.97. The predicted molar refractivity (Wildman–Crippen MR) is 90.5 cm³/mol. The highest BCUT2D eigenvalue weighted by atomic mass is 15.2. The molecular weight excluding hydrogens is 256 g/mol. The van der Waals surface area contributed by atoms with E-state index < -0.39 is 0 Å². The Balaban J connectivity index is 1.44. The lowest BCUT2D eigenvalue weighted by molar-refractivity contribution is 0.129. The van der Waals surface area contributed by atoms with E-state index in [4.69, 9.17) is 0 Å². The molecule has 3 aliphatic rings. The molecule has 21 heavy (non-hydrogen) atoms. The van der Waals surface area contributed by atoms with E-state index in [1.165, 1.54) is 90.4 Å². The van der Waals surface area contributed by atoms with Gasteiger partial charge in [-0.05, 0) is 62.9 Å².